The summed E-state index contributed by atoms with van der Waals surface area (Å²) in [6.45, 7) is 3.14. The van der Waals surface area contributed by atoms with E-state index < -0.39 is 0 Å². The minimum absolute atomic E-state index is 0.189. The summed E-state index contributed by atoms with van der Waals surface area (Å²) < 4.78 is 11.3. The fourth-order valence-electron chi connectivity index (χ4n) is 2.81. The van der Waals surface area contributed by atoms with Gasteiger partial charge in [-0.05, 0) is 17.7 Å². The molecule has 1 aromatic carbocycles. The van der Waals surface area contributed by atoms with Crippen LogP contribution in [0.1, 0.15) is 17.6 Å². The Morgan fingerprint density at radius 3 is 2.75 bits per heavy atom. The number of morpholine rings is 1. The second kappa shape index (κ2) is 6.90. The molecule has 1 aliphatic rings. The van der Waals surface area contributed by atoms with E-state index in [0.717, 1.165) is 25.2 Å². The lowest BCUT2D eigenvalue weighted by Gasteiger charge is -2.31. The third-order valence-corrected chi connectivity index (χ3v) is 4.06. The van der Waals surface area contributed by atoms with Crippen molar-refractivity contribution in [3.8, 4) is 11.4 Å². The molecule has 1 saturated heterocycles. The Bertz CT molecular complexity index is 776. The smallest absolute Gasteiger partial charge is 0.257 e. The van der Waals surface area contributed by atoms with Crippen molar-refractivity contribution in [3.05, 3.63) is 66.3 Å². The molecule has 0 saturated carbocycles. The average molecular weight is 322 g/mol. The van der Waals surface area contributed by atoms with Crippen molar-refractivity contribution >= 4 is 0 Å². The molecule has 1 unspecified atom stereocenters. The molecule has 1 fully saturated rings. The Hall–Kier alpha value is -2.57. The molecular formula is C18H18N4O2. The van der Waals surface area contributed by atoms with Crippen molar-refractivity contribution in [2.24, 2.45) is 0 Å². The number of benzene rings is 1. The molecule has 0 radical (unpaired) electrons. The second-order valence-electron chi connectivity index (χ2n) is 5.77. The molecule has 24 heavy (non-hydrogen) atoms. The summed E-state index contributed by atoms with van der Waals surface area (Å²) in [6.07, 6.45) is 3.44. The number of hydrogen-bond donors (Lipinski definition) is 0. The molecule has 3 heterocycles. The van der Waals surface area contributed by atoms with E-state index in [4.69, 9.17) is 9.26 Å². The number of rotatable bonds is 4. The van der Waals surface area contributed by atoms with Gasteiger partial charge < -0.3 is 9.26 Å². The van der Waals surface area contributed by atoms with E-state index in [-0.39, 0.29) is 6.10 Å². The Labute approximate surface area is 140 Å². The maximum Gasteiger partial charge on any atom is 0.257 e. The topological polar surface area (TPSA) is 64.3 Å². The SMILES string of the molecule is c1ccc(-c2noc(C3CN(Cc4ccncc4)CCO3)n2)cc1. The molecule has 3 aromatic rings. The molecule has 2 aromatic heterocycles. The first-order valence-electron chi connectivity index (χ1n) is 8.00. The molecular weight excluding hydrogens is 304 g/mol. The maximum absolute atomic E-state index is 5.83. The van der Waals surface area contributed by atoms with Gasteiger partial charge in [-0.1, -0.05) is 35.5 Å². The second-order valence-corrected chi connectivity index (χ2v) is 5.77. The zero-order valence-electron chi connectivity index (χ0n) is 13.2. The molecule has 4 rings (SSSR count). The summed E-state index contributed by atoms with van der Waals surface area (Å²) in [4.78, 5) is 10.9. The molecule has 0 spiro atoms. The fraction of sp³-hybridized carbons (Fsp3) is 0.278. The Morgan fingerprint density at radius 1 is 1.08 bits per heavy atom. The van der Waals surface area contributed by atoms with Crippen LogP contribution >= 0.6 is 0 Å². The monoisotopic (exact) mass is 322 g/mol. The van der Waals surface area contributed by atoms with Crippen LogP contribution in [0.15, 0.2) is 59.4 Å². The van der Waals surface area contributed by atoms with Crippen LogP contribution < -0.4 is 0 Å². The van der Waals surface area contributed by atoms with Crippen LogP contribution in [-0.2, 0) is 11.3 Å². The predicted molar refractivity (Wildman–Crippen MR) is 87.9 cm³/mol. The lowest BCUT2D eigenvalue weighted by atomic mass is 10.2. The average Bonchev–Trinajstić information content (AvgIpc) is 3.14. The van der Waals surface area contributed by atoms with Crippen molar-refractivity contribution in [3.63, 3.8) is 0 Å². The summed E-state index contributed by atoms with van der Waals surface area (Å²) >= 11 is 0. The lowest BCUT2D eigenvalue weighted by molar-refractivity contribution is -0.0475. The summed E-state index contributed by atoms with van der Waals surface area (Å²) in [5, 5.41) is 4.08. The van der Waals surface area contributed by atoms with Gasteiger partial charge in [0.05, 0.1) is 6.61 Å². The van der Waals surface area contributed by atoms with Crippen molar-refractivity contribution < 1.29 is 9.26 Å². The van der Waals surface area contributed by atoms with E-state index in [0.29, 0.717) is 18.3 Å². The highest BCUT2D eigenvalue weighted by Crippen LogP contribution is 2.24. The van der Waals surface area contributed by atoms with E-state index in [1.807, 2.05) is 54.9 Å². The van der Waals surface area contributed by atoms with Gasteiger partial charge in [-0.2, -0.15) is 4.98 Å². The number of aromatic nitrogens is 3. The summed E-state index contributed by atoms with van der Waals surface area (Å²) in [5.74, 6) is 1.13. The highest BCUT2D eigenvalue weighted by Gasteiger charge is 2.27. The third kappa shape index (κ3) is 3.34. The van der Waals surface area contributed by atoms with Gasteiger partial charge in [-0.3, -0.25) is 9.88 Å². The normalized spacial score (nSPS) is 18.6. The van der Waals surface area contributed by atoms with E-state index >= 15 is 0 Å². The van der Waals surface area contributed by atoms with Gasteiger partial charge in [0.2, 0.25) is 5.82 Å². The van der Waals surface area contributed by atoms with Crippen LogP contribution in [0.2, 0.25) is 0 Å². The van der Waals surface area contributed by atoms with Gasteiger partial charge >= 0.3 is 0 Å². The molecule has 1 aliphatic heterocycles. The number of hydrogen-bond acceptors (Lipinski definition) is 6. The Morgan fingerprint density at radius 2 is 1.92 bits per heavy atom. The van der Waals surface area contributed by atoms with Crippen molar-refractivity contribution in [1.29, 1.82) is 0 Å². The van der Waals surface area contributed by atoms with Crippen LogP contribution in [0.3, 0.4) is 0 Å². The molecule has 0 aliphatic carbocycles. The van der Waals surface area contributed by atoms with E-state index in [1.54, 1.807) is 0 Å². The quantitative estimate of drug-likeness (QED) is 0.736. The zero-order chi connectivity index (χ0) is 16.2. The standard InChI is InChI=1S/C18H18N4O2/c1-2-4-15(5-3-1)17-20-18(24-21-17)16-13-22(10-11-23-16)12-14-6-8-19-9-7-14/h1-9,16H,10-13H2. The minimum atomic E-state index is -0.189. The minimum Gasteiger partial charge on any atom is -0.366 e. The largest absolute Gasteiger partial charge is 0.366 e. The van der Waals surface area contributed by atoms with Gasteiger partial charge in [0.25, 0.3) is 5.89 Å². The van der Waals surface area contributed by atoms with Gasteiger partial charge in [0, 0.05) is 37.6 Å². The first kappa shape index (κ1) is 15.0. The maximum atomic E-state index is 5.83. The van der Waals surface area contributed by atoms with Gasteiger partial charge in [0.15, 0.2) is 0 Å². The van der Waals surface area contributed by atoms with Crippen LogP contribution in [0.5, 0.6) is 0 Å². The summed E-state index contributed by atoms with van der Waals surface area (Å²) in [5.41, 5.74) is 2.18. The number of ether oxygens (including phenoxy) is 1. The summed E-state index contributed by atoms with van der Waals surface area (Å²) in [7, 11) is 0. The van der Waals surface area contributed by atoms with Crippen LogP contribution in [0, 0.1) is 0 Å². The van der Waals surface area contributed by atoms with E-state index in [1.165, 1.54) is 5.56 Å². The Balaban J connectivity index is 1.45. The number of pyridine rings is 1. The summed E-state index contributed by atoms with van der Waals surface area (Å²) in [6, 6.07) is 13.9. The van der Waals surface area contributed by atoms with Crippen molar-refractivity contribution in [2.75, 3.05) is 19.7 Å². The lowest BCUT2D eigenvalue weighted by Crippen LogP contribution is -2.37. The zero-order valence-corrected chi connectivity index (χ0v) is 13.2. The molecule has 1 atom stereocenters. The molecule has 122 valence electrons. The highest BCUT2D eigenvalue weighted by molar-refractivity contribution is 5.53. The fourth-order valence-corrected chi connectivity index (χ4v) is 2.81. The number of nitrogens with zero attached hydrogens (tertiary/aromatic N) is 4. The molecule has 6 heteroatoms. The molecule has 6 nitrogen and oxygen atoms in total. The van der Waals surface area contributed by atoms with Crippen LogP contribution in [0.25, 0.3) is 11.4 Å². The van der Waals surface area contributed by atoms with Crippen LogP contribution in [-0.4, -0.2) is 39.7 Å². The van der Waals surface area contributed by atoms with Crippen molar-refractivity contribution in [2.45, 2.75) is 12.6 Å². The molecule has 0 bridgehead atoms. The first-order chi connectivity index (χ1) is 11.9. The van der Waals surface area contributed by atoms with E-state index in [9.17, 15) is 0 Å². The van der Waals surface area contributed by atoms with Gasteiger partial charge in [-0.15, -0.1) is 0 Å². The molecule has 0 amide bonds. The van der Waals surface area contributed by atoms with Gasteiger partial charge in [0.1, 0.15) is 6.10 Å². The Kier molecular flexibility index (Phi) is 4.31. The highest BCUT2D eigenvalue weighted by atomic mass is 16.5. The predicted octanol–water partition coefficient (Wildman–Crippen LogP) is 2.71. The van der Waals surface area contributed by atoms with E-state index in [2.05, 4.69) is 20.0 Å². The first-order valence-corrected chi connectivity index (χ1v) is 8.00. The molecule has 0 N–H and O–H groups in total. The van der Waals surface area contributed by atoms with Crippen LogP contribution in [0.4, 0.5) is 0 Å². The third-order valence-electron chi connectivity index (χ3n) is 4.06. The van der Waals surface area contributed by atoms with Crippen molar-refractivity contribution in [1.82, 2.24) is 20.0 Å². The van der Waals surface area contributed by atoms with Gasteiger partial charge in [-0.25, -0.2) is 0 Å².